The van der Waals surface area contributed by atoms with Crippen molar-refractivity contribution in [3.8, 4) is 11.1 Å². The summed E-state index contributed by atoms with van der Waals surface area (Å²) in [6, 6.07) is 30.6. The molecule has 0 aliphatic carbocycles. The van der Waals surface area contributed by atoms with Gasteiger partial charge in [-0.2, -0.15) is 0 Å². The first-order chi connectivity index (χ1) is 21.9. The predicted molar refractivity (Wildman–Crippen MR) is 173 cm³/mol. The van der Waals surface area contributed by atoms with Crippen molar-refractivity contribution >= 4 is 23.8 Å². The van der Waals surface area contributed by atoms with Crippen molar-refractivity contribution in [3.63, 3.8) is 0 Å². The van der Waals surface area contributed by atoms with Gasteiger partial charge in [-0.3, -0.25) is 0 Å². The molecule has 3 atom stereocenters. The zero-order chi connectivity index (χ0) is 31.6. The van der Waals surface area contributed by atoms with E-state index in [1.807, 2.05) is 84.9 Å². The van der Waals surface area contributed by atoms with Gasteiger partial charge in [0.2, 0.25) is 0 Å². The maximum atomic E-state index is 11.8. The van der Waals surface area contributed by atoms with Gasteiger partial charge in [-0.05, 0) is 46.0 Å². The highest BCUT2D eigenvalue weighted by Crippen LogP contribution is 2.40. The fourth-order valence-electron chi connectivity index (χ4n) is 5.03. The van der Waals surface area contributed by atoms with Crippen molar-refractivity contribution in [2.24, 2.45) is 0 Å². The van der Waals surface area contributed by atoms with Gasteiger partial charge < -0.3 is 29.7 Å². The topological polar surface area (TPSA) is 114 Å². The number of carbonyl (C=O) groups is 2. The number of hydrogen-bond donors (Lipinski definition) is 3. The second kappa shape index (κ2) is 15.5. The monoisotopic (exact) mass is 625 g/mol. The molecule has 4 aromatic carbocycles. The third kappa shape index (κ3) is 8.61. The summed E-state index contributed by atoms with van der Waals surface area (Å²) in [5.74, 6) is -0.409. The minimum atomic E-state index is -0.960. The first-order valence-corrected chi connectivity index (χ1v) is 15.6. The van der Waals surface area contributed by atoms with Gasteiger partial charge in [0, 0.05) is 29.2 Å². The predicted octanol–water partition coefficient (Wildman–Crippen LogP) is 7.29. The van der Waals surface area contributed by atoms with Crippen LogP contribution >= 0.6 is 11.8 Å². The Balaban J connectivity index is 1.31. The minimum Gasteiger partial charge on any atom is -0.478 e. The van der Waals surface area contributed by atoms with Crippen molar-refractivity contribution in [1.82, 2.24) is 5.32 Å². The molecule has 0 spiro atoms. The molecule has 45 heavy (non-hydrogen) atoms. The van der Waals surface area contributed by atoms with Crippen LogP contribution in [0, 0.1) is 0 Å². The van der Waals surface area contributed by atoms with Crippen LogP contribution < -0.4 is 5.32 Å². The van der Waals surface area contributed by atoms with Crippen LogP contribution in [0.1, 0.15) is 51.4 Å². The van der Waals surface area contributed by atoms with Crippen LogP contribution in [0.5, 0.6) is 0 Å². The van der Waals surface area contributed by atoms with E-state index >= 15 is 0 Å². The van der Waals surface area contributed by atoms with Gasteiger partial charge in [0.1, 0.15) is 6.61 Å². The number of carboxylic acids is 1. The van der Waals surface area contributed by atoms with Crippen molar-refractivity contribution in [1.29, 1.82) is 0 Å². The lowest BCUT2D eigenvalue weighted by atomic mass is 9.99. The summed E-state index contributed by atoms with van der Waals surface area (Å²) in [5, 5.41) is 21.8. The number of alkyl carbamates (subject to hydrolysis) is 1. The highest BCUT2D eigenvalue weighted by molar-refractivity contribution is 7.99. The number of aliphatic hydroxyl groups excluding tert-OH is 1. The average Bonchev–Trinajstić information content (AvgIpc) is 3.09. The van der Waals surface area contributed by atoms with E-state index in [1.54, 1.807) is 12.1 Å². The van der Waals surface area contributed by atoms with Crippen LogP contribution in [-0.4, -0.2) is 40.7 Å². The summed E-state index contributed by atoms with van der Waals surface area (Å²) >= 11 is 1.46. The number of ether oxygens (including phenoxy) is 3. The number of nitrogens with one attached hydrogen (secondary N) is 1. The molecule has 1 amide bonds. The van der Waals surface area contributed by atoms with Crippen LogP contribution in [-0.2, 0) is 27.4 Å². The number of aromatic carboxylic acids is 1. The van der Waals surface area contributed by atoms with E-state index in [4.69, 9.17) is 14.2 Å². The number of aliphatic hydroxyl groups is 1. The van der Waals surface area contributed by atoms with Crippen molar-refractivity contribution < 1.29 is 34.0 Å². The van der Waals surface area contributed by atoms with E-state index in [0.717, 1.165) is 33.4 Å². The number of carboxylic acid groups (broad SMARTS) is 1. The number of carbonyl (C=O) groups excluding carboxylic acids is 1. The van der Waals surface area contributed by atoms with E-state index in [2.05, 4.69) is 11.9 Å². The molecule has 232 valence electrons. The zero-order valence-electron chi connectivity index (χ0n) is 24.6. The Kier molecular flexibility index (Phi) is 11.1. The van der Waals surface area contributed by atoms with Crippen molar-refractivity contribution in [3.05, 3.63) is 138 Å². The number of amides is 1. The normalized spacial score (nSPS) is 17.8. The third-order valence-electron chi connectivity index (χ3n) is 7.37. The summed E-state index contributed by atoms with van der Waals surface area (Å²) in [5.41, 5.74) is 5.87. The lowest BCUT2D eigenvalue weighted by molar-refractivity contribution is -0.245. The molecule has 0 bridgehead atoms. The van der Waals surface area contributed by atoms with Gasteiger partial charge in [-0.25, -0.2) is 9.59 Å². The zero-order valence-corrected chi connectivity index (χ0v) is 25.5. The van der Waals surface area contributed by atoms with E-state index < -0.39 is 18.4 Å². The summed E-state index contributed by atoms with van der Waals surface area (Å²) in [6.45, 7) is 4.00. The highest BCUT2D eigenvalue weighted by Gasteiger charge is 2.32. The van der Waals surface area contributed by atoms with Gasteiger partial charge in [-0.15, -0.1) is 11.8 Å². The Morgan fingerprint density at radius 3 is 2.40 bits per heavy atom. The highest BCUT2D eigenvalue weighted by atomic mass is 32.2. The van der Waals surface area contributed by atoms with Crippen molar-refractivity contribution in [2.75, 3.05) is 12.4 Å². The largest absolute Gasteiger partial charge is 0.478 e. The van der Waals surface area contributed by atoms with Gasteiger partial charge >= 0.3 is 12.1 Å². The Morgan fingerprint density at radius 1 is 0.911 bits per heavy atom. The van der Waals surface area contributed by atoms with Crippen LogP contribution in [0.2, 0.25) is 0 Å². The lowest BCUT2D eigenvalue weighted by Crippen LogP contribution is -2.31. The Hall–Kier alpha value is -4.41. The molecule has 1 saturated heterocycles. The first-order valence-electron chi connectivity index (χ1n) is 14.6. The van der Waals surface area contributed by atoms with Crippen LogP contribution in [0.25, 0.3) is 11.1 Å². The average molecular weight is 626 g/mol. The molecule has 0 aromatic heterocycles. The molecule has 1 aliphatic rings. The molecule has 0 unspecified atom stereocenters. The molecule has 9 heteroatoms. The van der Waals surface area contributed by atoms with Gasteiger partial charge in [0.05, 0.1) is 24.4 Å². The molecular formula is C36H35NO7S. The Morgan fingerprint density at radius 2 is 1.67 bits per heavy atom. The van der Waals surface area contributed by atoms with E-state index in [-0.39, 0.29) is 31.0 Å². The number of rotatable bonds is 12. The molecule has 1 fully saturated rings. The minimum absolute atomic E-state index is 0.0339. The van der Waals surface area contributed by atoms with Gasteiger partial charge in [-0.1, -0.05) is 91.5 Å². The fourth-order valence-corrected chi connectivity index (χ4v) is 6.09. The molecule has 5 rings (SSSR count). The summed E-state index contributed by atoms with van der Waals surface area (Å²) in [6.07, 6.45) is 0.523. The summed E-state index contributed by atoms with van der Waals surface area (Å²) in [7, 11) is 0. The number of benzene rings is 4. The summed E-state index contributed by atoms with van der Waals surface area (Å²) in [4.78, 5) is 24.2. The van der Waals surface area contributed by atoms with Crippen LogP contribution in [0.3, 0.4) is 0 Å². The van der Waals surface area contributed by atoms with E-state index in [9.17, 15) is 19.8 Å². The second-order valence-electron chi connectivity index (χ2n) is 10.5. The molecule has 8 nitrogen and oxygen atoms in total. The molecular weight excluding hydrogens is 590 g/mol. The Bertz CT molecular complexity index is 1610. The Labute approximate surface area is 266 Å². The number of thioether (sulfide) groups is 1. The fraction of sp³-hybridized carbons (Fsp3) is 0.222. The molecule has 4 aromatic rings. The SMILES string of the molecule is C=CCOC(=O)NCc1cccc(-c2ccc([C@@H]3O[C@H](CSc4ccccc4C(=O)O)C[C@H](c4ccc(CO)cc4)O3)cc2)c1. The van der Waals surface area contributed by atoms with Crippen LogP contribution in [0.15, 0.2) is 115 Å². The maximum Gasteiger partial charge on any atom is 0.407 e. The van der Waals surface area contributed by atoms with Gasteiger partial charge in [0.25, 0.3) is 0 Å². The molecule has 0 saturated carbocycles. The smallest absolute Gasteiger partial charge is 0.407 e. The quantitative estimate of drug-likeness (QED) is 0.111. The van der Waals surface area contributed by atoms with Crippen molar-refractivity contribution in [2.45, 2.75) is 43.0 Å². The van der Waals surface area contributed by atoms with Crippen LogP contribution in [0.4, 0.5) is 4.79 Å². The van der Waals surface area contributed by atoms with Gasteiger partial charge in [0.15, 0.2) is 6.29 Å². The summed E-state index contributed by atoms with van der Waals surface area (Å²) < 4.78 is 17.9. The van der Waals surface area contributed by atoms with E-state index in [0.29, 0.717) is 23.6 Å². The molecule has 1 heterocycles. The second-order valence-corrected chi connectivity index (χ2v) is 11.6. The first kappa shape index (κ1) is 32.0. The third-order valence-corrected chi connectivity index (χ3v) is 8.57. The lowest BCUT2D eigenvalue weighted by Gasteiger charge is -2.36. The maximum absolute atomic E-state index is 11.8. The number of hydrogen-bond acceptors (Lipinski definition) is 7. The molecule has 1 aliphatic heterocycles. The molecule has 0 radical (unpaired) electrons. The van der Waals surface area contributed by atoms with E-state index in [1.165, 1.54) is 17.8 Å². The molecule has 3 N–H and O–H groups in total. The standard InChI is InChI=1S/C36H35NO7S/c1-2-18-42-36(41)37-21-25-6-5-7-29(19-25)26-14-16-28(17-15-26)35-43-30(23-45-33-9-4-3-8-31(33)34(39)40)20-32(44-35)27-12-10-24(22-38)11-13-27/h2-17,19,30,32,35,38H,1,18,20-23H2,(H,37,41)(H,39,40)/t30-,32+,35+/m0/s1.